The number of benzene rings is 1. The van der Waals surface area contributed by atoms with Gasteiger partial charge in [0.05, 0.1) is 10.8 Å². The summed E-state index contributed by atoms with van der Waals surface area (Å²) in [5, 5.41) is 14.1. The Morgan fingerprint density at radius 2 is 2.08 bits per heavy atom. The molecule has 1 aromatic carbocycles. The summed E-state index contributed by atoms with van der Waals surface area (Å²) < 4.78 is 0. The van der Waals surface area contributed by atoms with Gasteiger partial charge in [-0.3, -0.25) is 14.9 Å². The molecule has 0 radical (unpaired) electrons. The van der Waals surface area contributed by atoms with Gasteiger partial charge in [-0.1, -0.05) is 18.2 Å². The van der Waals surface area contributed by atoms with Crippen molar-refractivity contribution >= 4 is 23.1 Å². The smallest absolute Gasteiger partial charge is 0.292 e. The Bertz CT molecular complexity index is 793. The Hall–Kier alpha value is -2.96. The molecule has 1 saturated heterocycles. The van der Waals surface area contributed by atoms with E-state index in [1.807, 2.05) is 24.0 Å². The van der Waals surface area contributed by atoms with Crippen LogP contribution in [0.25, 0.3) is 0 Å². The number of pyridine rings is 1. The number of carbonyl (C=O) groups is 1. The van der Waals surface area contributed by atoms with Gasteiger partial charge in [0, 0.05) is 24.8 Å². The van der Waals surface area contributed by atoms with E-state index >= 15 is 0 Å². The number of piperidine rings is 1. The zero-order valence-electron chi connectivity index (χ0n) is 14.0. The van der Waals surface area contributed by atoms with Crippen LogP contribution in [0.1, 0.15) is 18.5 Å². The highest BCUT2D eigenvalue weighted by atomic mass is 16.6. The monoisotopic (exact) mass is 340 g/mol. The number of nitro groups is 1. The second-order valence-corrected chi connectivity index (χ2v) is 6.18. The van der Waals surface area contributed by atoms with Gasteiger partial charge in [0.15, 0.2) is 0 Å². The fourth-order valence-corrected chi connectivity index (χ4v) is 3.14. The van der Waals surface area contributed by atoms with E-state index in [4.69, 9.17) is 0 Å². The van der Waals surface area contributed by atoms with Crippen molar-refractivity contribution in [2.75, 3.05) is 23.3 Å². The van der Waals surface area contributed by atoms with Crippen molar-refractivity contribution in [3.05, 3.63) is 58.3 Å². The standard InChI is InChI=1S/C18H20N4O3/c1-13-6-4-10-17(19-13)20-18(23)14-7-5-11-21(12-14)15-8-2-3-9-16(15)22(24)25/h2-4,6,8-10,14H,5,7,11-12H2,1H3,(H,19,20,23)/t14-/m1/s1. The van der Waals surface area contributed by atoms with Gasteiger partial charge in [-0.25, -0.2) is 4.98 Å². The van der Waals surface area contributed by atoms with Gasteiger partial charge < -0.3 is 10.2 Å². The minimum Gasteiger partial charge on any atom is -0.365 e. The number of aromatic nitrogens is 1. The van der Waals surface area contributed by atoms with E-state index in [9.17, 15) is 14.9 Å². The second kappa shape index (κ2) is 7.29. The normalized spacial score (nSPS) is 17.2. The second-order valence-electron chi connectivity index (χ2n) is 6.18. The third-order valence-electron chi connectivity index (χ3n) is 4.35. The molecule has 0 saturated carbocycles. The topological polar surface area (TPSA) is 88.4 Å². The van der Waals surface area contributed by atoms with Crippen LogP contribution in [0.15, 0.2) is 42.5 Å². The molecule has 1 N–H and O–H groups in total. The lowest BCUT2D eigenvalue weighted by Gasteiger charge is -2.33. The van der Waals surface area contributed by atoms with Crippen LogP contribution in [0.5, 0.6) is 0 Å². The molecule has 130 valence electrons. The number of para-hydroxylation sites is 2. The van der Waals surface area contributed by atoms with Crippen molar-refractivity contribution in [1.29, 1.82) is 0 Å². The average molecular weight is 340 g/mol. The number of aryl methyl sites for hydroxylation is 1. The van der Waals surface area contributed by atoms with Gasteiger partial charge in [0.25, 0.3) is 5.69 Å². The quantitative estimate of drug-likeness (QED) is 0.682. The molecular formula is C18H20N4O3. The maximum absolute atomic E-state index is 12.6. The van der Waals surface area contributed by atoms with Gasteiger partial charge >= 0.3 is 0 Å². The van der Waals surface area contributed by atoms with E-state index in [2.05, 4.69) is 10.3 Å². The molecule has 3 rings (SSSR count). The van der Waals surface area contributed by atoms with Gasteiger partial charge in [-0.05, 0) is 38.0 Å². The van der Waals surface area contributed by atoms with Crippen LogP contribution in [0.2, 0.25) is 0 Å². The van der Waals surface area contributed by atoms with E-state index < -0.39 is 0 Å². The summed E-state index contributed by atoms with van der Waals surface area (Å²) in [6.07, 6.45) is 1.57. The average Bonchev–Trinajstić information content (AvgIpc) is 2.62. The van der Waals surface area contributed by atoms with E-state index in [0.29, 0.717) is 24.6 Å². The van der Waals surface area contributed by atoms with Crippen molar-refractivity contribution in [2.45, 2.75) is 19.8 Å². The first-order valence-electron chi connectivity index (χ1n) is 8.27. The number of hydrogen-bond acceptors (Lipinski definition) is 5. The highest BCUT2D eigenvalue weighted by Crippen LogP contribution is 2.31. The molecule has 0 aliphatic carbocycles. The Morgan fingerprint density at radius 3 is 2.84 bits per heavy atom. The molecule has 1 atom stereocenters. The van der Waals surface area contributed by atoms with E-state index in [0.717, 1.165) is 18.5 Å². The van der Waals surface area contributed by atoms with Crippen LogP contribution in [0.3, 0.4) is 0 Å². The molecule has 2 heterocycles. The number of anilines is 2. The summed E-state index contributed by atoms with van der Waals surface area (Å²) in [7, 11) is 0. The fraction of sp³-hybridized carbons (Fsp3) is 0.333. The number of hydrogen-bond donors (Lipinski definition) is 1. The number of nitrogens with one attached hydrogen (secondary N) is 1. The van der Waals surface area contributed by atoms with Gasteiger partial charge in [0.1, 0.15) is 11.5 Å². The van der Waals surface area contributed by atoms with Crippen LogP contribution in [0, 0.1) is 23.0 Å². The summed E-state index contributed by atoms with van der Waals surface area (Å²) >= 11 is 0. The first kappa shape index (κ1) is 16.9. The van der Waals surface area contributed by atoms with Crippen molar-refractivity contribution < 1.29 is 9.72 Å². The molecule has 0 spiro atoms. The molecule has 1 aliphatic rings. The van der Waals surface area contributed by atoms with Crippen LogP contribution in [-0.4, -0.2) is 28.9 Å². The first-order valence-corrected chi connectivity index (χ1v) is 8.27. The molecule has 7 nitrogen and oxygen atoms in total. The maximum Gasteiger partial charge on any atom is 0.292 e. The van der Waals surface area contributed by atoms with Crippen LogP contribution >= 0.6 is 0 Å². The third-order valence-corrected chi connectivity index (χ3v) is 4.35. The number of rotatable bonds is 4. The predicted molar refractivity (Wildman–Crippen MR) is 95.6 cm³/mol. The summed E-state index contributed by atoms with van der Waals surface area (Å²) in [6, 6.07) is 12.1. The third kappa shape index (κ3) is 3.93. The van der Waals surface area contributed by atoms with Gasteiger partial charge in [0.2, 0.25) is 5.91 Å². The van der Waals surface area contributed by atoms with E-state index in [1.165, 1.54) is 6.07 Å². The van der Waals surface area contributed by atoms with Crippen LogP contribution in [-0.2, 0) is 4.79 Å². The molecule has 1 fully saturated rings. The Balaban J connectivity index is 1.73. The van der Waals surface area contributed by atoms with Gasteiger partial charge in [-0.2, -0.15) is 0 Å². The Morgan fingerprint density at radius 1 is 1.28 bits per heavy atom. The zero-order chi connectivity index (χ0) is 17.8. The molecule has 0 unspecified atom stereocenters. The van der Waals surface area contributed by atoms with Crippen LogP contribution in [0.4, 0.5) is 17.2 Å². The fourth-order valence-electron chi connectivity index (χ4n) is 3.14. The minimum atomic E-state index is -0.379. The van der Waals surface area contributed by atoms with E-state index in [1.54, 1.807) is 24.3 Å². The summed E-state index contributed by atoms with van der Waals surface area (Å²) in [6.45, 7) is 3.03. The molecule has 1 aromatic heterocycles. The number of nitrogens with zero attached hydrogens (tertiary/aromatic N) is 3. The zero-order valence-corrected chi connectivity index (χ0v) is 14.0. The maximum atomic E-state index is 12.6. The predicted octanol–water partition coefficient (Wildman–Crippen LogP) is 3.15. The molecule has 1 aliphatic heterocycles. The van der Waals surface area contributed by atoms with Crippen molar-refractivity contribution in [1.82, 2.24) is 4.98 Å². The van der Waals surface area contributed by atoms with E-state index in [-0.39, 0.29) is 22.4 Å². The minimum absolute atomic E-state index is 0.0731. The molecule has 0 bridgehead atoms. The van der Waals surface area contributed by atoms with Crippen molar-refractivity contribution in [2.24, 2.45) is 5.92 Å². The first-order chi connectivity index (χ1) is 12.0. The Kier molecular flexibility index (Phi) is 4.92. The lowest BCUT2D eigenvalue weighted by Crippen LogP contribution is -2.41. The molecule has 25 heavy (non-hydrogen) atoms. The molecule has 1 amide bonds. The lowest BCUT2D eigenvalue weighted by molar-refractivity contribution is -0.384. The van der Waals surface area contributed by atoms with Crippen molar-refractivity contribution in [3.8, 4) is 0 Å². The molecule has 2 aromatic rings. The molecular weight excluding hydrogens is 320 g/mol. The number of carbonyl (C=O) groups excluding carboxylic acids is 1. The Labute approximate surface area is 145 Å². The number of amides is 1. The van der Waals surface area contributed by atoms with Crippen molar-refractivity contribution in [3.63, 3.8) is 0 Å². The largest absolute Gasteiger partial charge is 0.365 e. The highest BCUT2D eigenvalue weighted by molar-refractivity contribution is 5.92. The van der Waals surface area contributed by atoms with Crippen LogP contribution < -0.4 is 10.2 Å². The SMILES string of the molecule is Cc1cccc(NC(=O)[C@@H]2CCCN(c3ccccc3[N+](=O)[O-])C2)n1. The summed E-state index contributed by atoms with van der Waals surface area (Å²) in [5.41, 5.74) is 1.48. The summed E-state index contributed by atoms with van der Waals surface area (Å²) in [5.74, 6) is 0.213. The summed E-state index contributed by atoms with van der Waals surface area (Å²) in [4.78, 5) is 29.6. The van der Waals surface area contributed by atoms with Gasteiger partial charge in [-0.15, -0.1) is 0 Å². The lowest BCUT2D eigenvalue weighted by atomic mass is 9.96. The molecule has 7 heteroatoms. The number of nitro benzene ring substituents is 1. The highest BCUT2D eigenvalue weighted by Gasteiger charge is 2.29.